The lowest BCUT2D eigenvalue weighted by Gasteiger charge is -2.02. The van der Waals surface area contributed by atoms with E-state index >= 15 is 0 Å². The summed E-state index contributed by atoms with van der Waals surface area (Å²) in [5, 5.41) is 0.704. The number of carbonyl (C=O) groups is 1. The first-order valence-corrected chi connectivity index (χ1v) is 5.33. The van der Waals surface area contributed by atoms with Gasteiger partial charge >= 0.3 is 0 Å². The number of aldehydes is 1. The van der Waals surface area contributed by atoms with Gasteiger partial charge in [0.2, 0.25) is 0 Å². The van der Waals surface area contributed by atoms with Gasteiger partial charge in [-0.1, -0.05) is 23.7 Å². The topological polar surface area (TPSA) is 17.1 Å². The van der Waals surface area contributed by atoms with Crippen LogP contribution in [0, 0.1) is 0 Å². The van der Waals surface area contributed by atoms with Crippen molar-refractivity contribution in [2.75, 3.05) is 6.26 Å². The Bertz CT molecular complexity index is 316. The third kappa shape index (κ3) is 2.90. The first-order valence-electron chi connectivity index (χ1n) is 3.73. The number of hydrogen-bond donors (Lipinski definition) is 0. The molecule has 3 heteroatoms. The number of thioether (sulfide) groups is 1. The number of halogens is 1. The Balaban J connectivity index is 2.99. The molecular formula is C10H9ClOS. The SMILES string of the molecule is CS/C(=C/C=O)c1ccc(Cl)cc1. The van der Waals surface area contributed by atoms with Gasteiger partial charge in [-0.05, 0) is 30.0 Å². The summed E-state index contributed by atoms with van der Waals surface area (Å²) in [5.74, 6) is 0. The van der Waals surface area contributed by atoms with E-state index in [1.54, 1.807) is 17.8 Å². The Hall–Kier alpha value is -0.730. The highest BCUT2D eigenvalue weighted by Gasteiger charge is 1.98. The second-order valence-electron chi connectivity index (χ2n) is 2.38. The van der Waals surface area contributed by atoms with E-state index in [0.29, 0.717) is 5.02 Å². The van der Waals surface area contributed by atoms with Crippen LogP contribution in [0.4, 0.5) is 0 Å². The Morgan fingerprint density at radius 1 is 1.38 bits per heavy atom. The average Bonchev–Trinajstić information content (AvgIpc) is 2.16. The Morgan fingerprint density at radius 2 is 2.00 bits per heavy atom. The van der Waals surface area contributed by atoms with E-state index in [0.717, 1.165) is 16.8 Å². The molecule has 0 aromatic heterocycles. The van der Waals surface area contributed by atoms with Crippen LogP contribution in [0.1, 0.15) is 5.56 Å². The lowest BCUT2D eigenvalue weighted by atomic mass is 10.2. The van der Waals surface area contributed by atoms with Gasteiger partial charge < -0.3 is 0 Å². The first kappa shape index (κ1) is 10.4. The molecule has 0 amide bonds. The van der Waals surface area contributed by atoms with Crippen LogP contribution in [0.3, 0.4) is 0 Å². The van der Waals surface area contributed by atoms with Crippen LogP contribution in [0.15, 0.2) is 30.3 Å². The van der Waals surface area contributed by atoms with Gasteiger partial charge in [-0.15, -0.1) is 11.8 Å². The standard InChI is InChI=1S/C10H9ClOS/c1-13-10(6-7-12)8-2-4-9(11)5-3-8/h2-7H,1H3/b10-6+. The third-order valence-corrected chi connectivity index (χ3v) is 2.63. The fourth-order valence-electron chi connectivity index (χ4n) is 0.958. The van der Waals surface area contributed by atoms with Crippen LogP contribution in [-0.2, 0) is 4.79 Å². The van der Waals surface area contributed by atoms with Crippen molar-refractivity contribution in [1.29, 1.82) is 0 Å². The van der Waals surface area contributed by atoms with Gasteiger partial charge in [0.1, 0.15) is 6.29 Å². The van der Waals surface area contributed by atoms with E-state index < -0.39 is 0 Å². The van der Waals surface area contributed by atoms with Crippen molar-refractivity contribution in [3.8, 4) is 0 Å². The number of carbonyl (C=O) groups excluding carboxylic acids is 1. The van der Waals surface area contributed by atoms with E-state index in [1.165, 1.54) is 0 Å². The van der Waals surface area contributed by atoms with Crippen LogP contribution in [-0.4, -0.2) is 12.5 Å². The highest BCUT2D eigenvalue weighted by Crippen LogP contribution is 2.25. The molecule has 0 aliphatic rings. The zero-order chi connectivity index (χ0) is 9.68. The Labute approximate surface area is 86.8 Å². The summed E-state index contributed by atoms with van der Waals surface area (Å²) in [6.07, 6.45) is 4.28. The van der Waals surface area contributed by atoms with E-state index in [4.69, 9.17) is 11.6 Å². The molecule has 1 aromatic rings. The molecule has 0 unspecified atom stereocenters. The third-order valence-electron chi connectivity index (χ3n) is 1.57. The number of rotatable bonds is 3. The maximum Gasteiger partial charge on any atom is 0.143 e. The van der Waals surface area contributed by atoms with E-state index in [1.807, 2.05) is 30.5 Å². The van der Waals surface area contributed by atoms with Crippen LogP contribution < -0.4 is 0 Å². The monoisotopic (exact) mass is 212 g/mol. The van der Waals surface area contributed by atoms with E-state index in [2.05, 4.69) is 0 Å². The van der Waals surface area contributed by atoms with Gasteiger partial charge in [0.15, 0.2) is 0 Å². The lowest BCUT2D eigenvalue weighted by Crippen LogP contribution is -1.79. The van der Waals surface area contributed by atoms with Crippen molar-refractivity contribution in [2.45, 2.75) is 0 Å². The summed E-state index contributed by atoms with van der Waals surface area (Å²) in [5.41, 5.74) is 1.02. The second kappa shape index (κ2) is 5.10. The zero-order valence-corrected chi connectivity index (χ0v) is 8.73. The summed E-state index contributed by atoms with van der Waals surface area (Å²) in [7, 11) is 0. The number of benzene rings is 1. The molecule has 1 aromatic carbocycles. The minimum absolute atomic E-state index is 0.704. The van der Waals surface area contributed by atoms with Gasteiger partial charge in [-0.25, -0.2) is 0 Å². The predicted molar refractivity (Wildman–Crippen MR) is 59.0 cm³/mol. The molecule has 1 nitrogen and oxygen atoms in total. The van der Waals surface area contributed by atoms with Crippen molar-refractivity contribution < 1.29 is 4.79 Å². The smallest absolute Gasteiger partial charge is 0.143 e. The average molecular weight is 213 g/mol. The van der Waals surface area contributed by atoms with Gasteiger partial charge in [-0.3, -0.25) is 4.79 Å². The highest BCUT2D eigenvalue weighted by molar-refractivity contribution is 8.07. The molecule has 0 saturated carbocycles. The first-order chi connectivity index (χ1) is 6.27. The van der Waals surface area contributed by atoms with Crippen molar-refractivity contribution >= 4 is 34.6 Å². The molecule has 13 heavy (non-hydrogen) atoms. The second-order valence-corrected chi connectivity index (χ2v) is 3.66. The van der Waals surface area contributed by atoms with Crippen molar-refractivity contribution in [2.24, 2.45) is 0 Å². The number of allylic oxidation sites excluding steroid dienone is 1. The molecule has 1 rings (SSSR count). The van der Waals surface area contributed by atoms with Gasteiger partial charge in [0, 0.05) is 9.93 Å². The summed E-state index contributed by atoms with van der Waals surface area (Å²) < 4.78 is 0. The quantitative estimate of drug-likeness (QED) is 0.565. The maximum absolute atomic E-state index is 10.3. The van der Waals surface area contributed by atoms with Crippen LogP contribution in [0.5, 0.6) is 0 Å². The normalized spacial score (nSPS) is 11.4. The molecule has 0 atom stereocenters. The van der Waals surface area contributed by atoms with Crippen molar-refractivity contribution in [3.05, 3.63) is 40.9 Å². The lowest BCUT2D eigenvalue weighted by molar-refractivity contribution is -0.104. The van der Waals surface area contributed by atoms with Gasteiger partial charge in [0.25, 0.3) is 0 Å². The molecule has 68 valence electrons. The molecule has 0 bridgehead atoms. The summed E-state index contributed by atoms with van der Waals surface area (Å²) in [4.78, 5) is 11.2. The fourth-order valence-corrected chi connectivity index (χ4v) is 1.65. The summed E-state index contributed by atoms with van der Waals surface area (Å²) in [6.45, 7) is 0. The molecular weight excluding hydrogens is 204 g/mol. The van der Waals surface area contributed by atoms with E-state index in [-0.39, 0.29) is 0 Å². The van der Waals surface area contributed by atoms with Crippen LogP contribution in [0.2, 0.25) is 5.02 Å². The zero-order valence-electron chi connectivity index (χ0n) is 7.16. The highest BCUT2D eigenvalue weighted by atomic mass is 35.5. The molecule has 0 heterocycles. The summed E-state index contributed by atoms with van der Waals surface area (Å²) in [6, 6.07) is 7.42. The minimum atomic E-state index is 0.704. The molecule has 0 aliphatic heterocycles. The largest absolute Gasteiger partial charge is 0.299 e. The summed E-state index contributed by atoms with van der Waals surface area (Å²) >= 11 is 7.28. The van der Waals surface area contributed by atoms with E-state index in [9.17, 15) is 4.79 Å². The predicted octanol–water partition coefficient (Wildman–Crippen LogP) is 3.24. The Morgan fingerprint density at radius 3 is 2.46 bits per heavy atom. The fraction of sp³-hybridized carbons (Fsp3) is 0.100. The molecule has 0 spiro atoms. The van der Waals surface area contributed by atoms with Gasteiger partial charge in [0.05, 0.1) is 0 Å². The Kier molecular flexibility index (Phi) is 4.06. The van der Waals surface area contributed by atoms with Crippen molar-refractivity contribution in [1.82, 2.24) is 0 Å². The van der Waals surface area contributed by atoms with Crippen LogP contribution in [0.25, 0.3) is 4.91 Å². The molecule has 0 N–H and O–H groups in total. The molecule has 0 aliphatic carbocycles. The molecule has 0 radical (unpaired) electrons. The maximum atomic E-state index is 10.3. The molecule has 0 saturated heterocycles. The minimum Gasteiger partial charge on any atom is -0.299 e. The van der Waals surface area contributed by atoms with Crippen molar-refractivity contribution in [3.63, 3.8) is 0 Å². The van der Waals surface area contributed by atoms with Crippen LogP contribution >= 0.6 is 23.4 Å². The number of hydrogen-bond acceptors (Lipinski definition) is 2. The van der Waals surface area contributed by atoms with Gasteiger partial charge in [-0.2, -0.15) is 0 Å². The molecule has 0 fully saturated rings.